The molecular formula is C8H9F3N2. The van der Waals surface area contributed by atoms with Crippen LogP contribution in [0.25, 0.3) is 5.57 Å². The van der Waals surface area contributed by atoms with Gasteiger partial charge in [0, 0.05) is 6.20 Å². The van der Waals surface area contributed by atoms with Gasteiger partial charge in [-0.05, 0) is 18.6 Å². The number of hydrogen-bond donors (Lipinski definition) is 0. The minimum atomic E-state index is -4.22. The second kappa shape index (κ2) is 3.24. The number of halogens is 3. The molecule has 0 atom stereocenters. The second-order valence-corrected chi connectivity index (χ2v) is 2.79. The third-order valence-corrected chi connectivity index (χ3v) is 1.42. The summed E-state index contributed by atoms with van der Waals surface area (Å²) >= 11 is 0. The van der Waals surface area contributed by atoms with Crippen LogP contribution in [0.4, 0.5) is 13.2 Å². The molecule has 0 radical (unpaired) electrons. The Kier molecular flexibility index (Phi) is 2.45. The molecule has 1 heterocycles. The van der Waals surface area contributed by atoms with Crippen molar-refractivity contribution in [2.45, 2.75) is 19.6 Å². The van der Waals surface area contributed by atoms with Gasteiger partial charge in [0.25, 0.3) is 0 Å². The minimum Gasteiger partial charge on any atom is -0.263 e. The van der Waals surface area contributed by atoms with E-state index in [2.05, 4.69) is 11.7 Å². The number of alkyl halides is 3. The molecule has 2 nitrogen and oxygen atoms in total. The average molecular weight is 190 g/mol. The lowest BCUT2D eigenvalue weighted by Crippen LogP contribution is -2.18. The first-order valence-electron chi connectivity index (χ1n) is 3.64. The summed E-state index contributed by atoms with van der Waals surface area (Å²) in [7, 11) is 0. The number of rotatable bonds is 2. The Hall–Kier alpha value is -1.26. The van der Waals surface area contributed by atoms with Crippen LogP contribution >= 0.6 is 0 Å². The molecule has 0 N–H and O–H groups in total. The molecule has 0 saturated carbocycles. The maximum atomic E-state index is 11.9. The smallest absolute Gasteiger partial charge is 0.263 e. The molecule has 13 heavy (non-hydrogen) atoms. The van der Waals surface area contributed by atoms with Crippen LogP contribution in [0.5, 0.6) is 0 Å². The van der Waals surface area contributed by atoms with E-state index in [0.717, 1.165) is 4.68 Å². The molecule has 0 saturated heterocycles. The predicted molar refractivity (Wildman–Crippen MR) is 43.0 cm³/mol. The Morgan fingerprint density at radius 2 is 2.23 bits per heavy atom. The standard InChI is InChI=1S/C8H9F3N2/c1-6(2)7-3-4-13(12-7)5-8(9,10)11/h3-4H,1,5H2,2H3. The maximum absolute atomic E-state index is 11.9. The zero-order valence-electron chi connectivity index (χ0n) is 7.10. The highest BCUT2D eigenvalue weighted by Crippen LogP contribution is 2.17. The zero-order valence-corrected chi connectivity index (χ0v) is 7.10. The first-order valence-corrected chi connectivity index (χ1v) is 3.64. The van der Waals surface area contributed by atoms with Crippen molar-refractivity contribution in [2.24, 2.45) is 0 Å². The second-order valence-electron chi connectivity index (χ2n) is 2.79. The third kappa shape index (κ3) is 2.93. The lowest BCUT2D eigenvalue weighted by Gasteiger charge is -2.05. The van der Waals surface area contributed by atoms with E-state index < -0.39 is 12.7 Å². The molecule has 0 unspecified atom stereocenters. The van der Waals surface area contributed by atoms with E-state index in [0.29, 0.717) is 11.3 Å². The summed E-state index contributed by atoms with van der Waals surface area (Å²) in [5.41, 5.74) is 1.14. The van der Waals surface area contributed by atoms with Gasteiger partial charge in [-0.3, -0.25) is 4.68 Å². The van der Waals surface area contributed by atoms with E-state index in [1.165, 1.54) is 12.3 Å². The van der Waals surface area contributed by atoms with Crippen molar-refractivity contribution in [3.05, 3.63) is 24.5 Å². The van der Waals surface area contributed by atoms with E-state index in [-0.39, 0.29) is 0 Å². The normalized spacial score (nSPS) is 11.7. The van der Waals surface area contributed by atoms with E-state index in [4.69, 9.17) is 0 Å². The van der Waals surface area contributed by atoms with Gasteiger partial charge in [0.1, 0.15) is 6.54 Å². The van der Waals surface area contributed by atoms with Gasteiger partial charge < -0.3 is 0 Å². The summed E-state index contributed by atoms with van der Waals surface area (Å²) < 4.78 is 36.5. The summed E-state index contributed by atoms with van der Waals surface area (Å²) in [4.78, 5) is 0. The largest absolute Gasteiger partial charge is 0.408 e. The zero-order chi connectivity index (χ0) is 10.1. The predicted octanol–water partition coefficient (Wildman–Crippen LogP) is 2.48. The summed E-state index contributed by atoms with van der Waals surface area (Å²) in [6, 6.07) is 1.51. The van der Waals surface area contributed by atoms with Gasteiger partial charge in [-0.15, -0.1) is 0 Å². The van der Waals surface area contributed by atoms with Gasteiger partial charge in [-0.2, -0.15) is 18.3 Å². The molecule has 0 aromatic carbocycles. The topological polar surface area (TPSA) is 17.8 Å². The molecular weight excluding hydrogens is 181 g/mol. The van der Waals surface area contributed by atoms with Crippen LogP contribution in [-0.4, -0.2) is 16.0 Å². The Balaban J connectivity index is 2.75. The quantitative estimate of drug-likeness (QED) is 0.700. The van der Waals surface area contributed by atoms with E-state index in [1.54, 1.807) is 6.92 Å². The Bertz CT molecular complexity index is 311. The highest BCUT2D eigenvalue weighted by atomic mass is 19.4. The highest BCUT2D eigenvalue weighted by Gasteiger charge is 2.28. The van der Waals surface area contributed by atoms with Crippen LogP contribution in [0.1, 0.15) is 12.6 Å². The summed E-state index contributed by atoms with van der Waals surface area (Å²) in [6.07, 6.45) is -2.93. The molecule has 0 bridgehead atoms. The fourth-order valence-electron chi connectivity index (χ4n) is 0.861. The lowest BCUT2D eigenvalue weighted by molar-refractivity contribution is -0.142. The molecule has 0 aliphatic carbocycles. The fraction of sp³-hybridized carbons (Fsp3) is 0.375. The van der Waals surface area contributed by atoms with Crippen molar-refractivity contribution in [1.29, 1.82) is 0 Å². The monoisotopic (exact) mass is 190 g/mol. The number of allylic oxidation sites excluding steroid dienone is 1. The molecule has 0 amide bonds. The molecule has 0 spiro atoms. The van der Waals surface area contributed by atoms with Crippen molar-refractivity contribution in [2.75, 3.05) is 0 Å². The number of hydrogen-bond acceptors (Lipinski definition) is 1. The molecule has 1 rings (SSSR count). The van der Waals surface area contributed by atoms with Crippen LogP contribution < -0.4 is 0 Å². The SMILES string of the molecule is C=C(C)c1ccn(CC(F)(F)F)n1. The molecule has 1 aromatic rings. The van der Waals surface area contributed by atoms with Gasteiger partial charge in [0.2, 0.25) is 0 Å². The van der Waals surface area contributed by atoms with Crippen molar-refractivity contribution < 1.29 is 13.2 Å². The van der Waals surface area contributed by atoms with Gasteiger partial charge in [-0.1, -0.05) is 6.58 Å². The lowest BCUT2D eigenvalue weighted by atomic mass is 10.3. The highest BCUT2D eigenvalue weighted by molar-refractivity contribution is 5.56. The van der Waals surface area contributed by atoms with Gasteiger partial charge in [0.05, 0.1) is 5.69 Å². The average Bonchev–Trinajstić information content (AvgIpc) is 2.31. The van der Waals surface area contributed by atoms with Crippen molar-refractivity contribution >= 4 is 5.57 Å². The maximum Gasteiger partial charge on any atom is 0.408 e. The van der Waals surface area contributed by atoms with Crippen LogP contribution in [0.15, 0.2) is 18.8 Å². The Labute approximate surface area is 73.7 Å². The summed E-state index contributed by atoms with van der Waals surface area (Å²) in [5.74, 6) is 0. The Morgan fingerprint density at radius 3 is 2.62 bits per heavy atom. The minimum absolute atomic E-state index is 0.490. The van der Waals surface area contributed by atoms with Crippen molar-refractivity contribution in [3.63, 3.8) is 0 Å². The van der Waals surface area contributed by atoms with E-state index >= 15 is 0 Å². The third-order valence-electron chi connectivity index (χ3n) is 1.42. The molecule has 1 aromatic heterocycles. The van der Waals surface area contributed by atoms with Crippen LogP contribution in [-0.2, 0) is 6.54 Å². The van der Waals surface area contributed by atoms with Crippen molar-refractivity contribution in [1.82, 2.24) is 9.78 Å². The first-order chi connectivity index (χ1) is 5.88. The van der Waals surface area contributed by atoms with Gasteiger partial charge >= 0.3 is 6.18 Å². The fourth-order valence-corrected chi connectivity index (χ4v) is 0.861. The summed E-state index contributed by atoms with van der Waals surface area (Å²) in [6.45, 7) is 4.22. The van der Waals surface area contributed by atoms with E-state index in [1.807, 2.05) is 0 Å². The van der Waals surface area contributed by atoms with E-state index in [9.17, 15) is 13.2 Å². The van der Waals surface area contributed by atoms with Gasteiger partial charge in [-0.25, -0.2) is 0 Å². The number of aromatic nitrogens is 2. The first kappa shape index (κ1) is 9.83. The molecule has 0 aliphatic heterocycles. The molecule has 0 fully saturated rings. The van der Waals surface area contributed by atoms with Crippen LogP contribution in [0.3, 0.4) is 0 Å². The molecule has 0 aliphatic rings. The molecule has 72 valence electrons. The van der Waals surface area contributed by atoms with Crippen LogP contribution in [0.2, 0.25) is 0 Å². The Morgan fingerprint density at radius 1 is 1.62 bits per heavy atom. The number of nitrogens with zero attached hydrogens (tertiary/aromatic N) is 2. The van der Waals surface area contributed by atoms with Crippen LogP contribution in [0, 0.1) is 0 Å². The molecule has 5 heteroatoms. The van der Waals surface area contributed by atoms with Crippen molar-refractivity contribution in [3.8, 4) is 0 Å². The van der Waals surface area contributed by atoms with Gasteiger partial charge in [0.15, 0.2) is 0 Å². The summed E-state index contributed by atoms with van der Waals surface area (Å²) in [5, 5.41) is 3.69.